The van der Waals surface area contributed by atoms with Crippen molar-refractivity contribution in [3.8, 4) is 5.75 Å². The topological polar surface area (TPSA) is 22.1 Å². The second kappa shape index (κ2) is 5.63. The molecular weight excluding hydrogens is 266 g/mol. The molecule has 0 saturated heterocycles. The third-order valence-electron chi connectivity index (χ3n) is 3.47. The molecule has 0 amide bonds. The fourth-order valence-electron chi connectivity index (χ4n) is 2.35. The van der Waals surface area contributed by atoms with E-state index < -0.39 is 0 Å². The van der Waals surface area contributed by atoms with Gasteiger partial charge in [-0.2, -0.15) is 0 Å². The third kappa shape index (κ3) is 2.54. The number of benzene rings is 2. The predicted molar refractivity (Wildman–Crippen MR) is 84.8 cm³/mol. The van der Waals surface area contributed by atoms with Gasteiger partial charge in [-0.15, -0.1) is 11.3 Å². The van der Waals surface area contributed by atoms with Gasteiger partial charge in [0.2, 0.25) is 0 Å². The lowest BCUT2D eigenvalue weighted by atomic mass is 10.0. The van der Waals surface area contributed by atoms with E-state index >= 15 is 0 Å². The molecule has 20 heavy (non-hydrogen) atoms. The van der Waals surface area contributed by atoms with E-state index in [9.17, 15) is 0 Å². The van der Waals surface area contributed by atoms with Crippen LogP contribution in [0.25, 0.3) is 10.8 Å². The van der Waals surface area contributed by atoms with Crippen LogP contribution in [0.3, 0.4) is 0 Å². The molecule has 0 unspecified atom stereocenters. The molecule has 0 bridgehead atoms. The van der Waals surface area contributed by atoms with Gasteiger partial charge >= 0.3 is 0 Å². The summed E-state index contributed by atoms with van der Waals surface area (Å²) in [7, 11) is 1.71. The van der Waals surface area contributed by atoms with Crippen LogP contribution in [0, 0.1) is 0 Å². The van der Waals surface area contributed by atoms with Gasteiger partial charge in [0, 0.05) is 17.5 Å². The van der Waals surface area contributed by atoms with Crippen LogP contribution < -0.4 is 4.74 Å². The van der Waals surface area contributed by atoms with Crippen molar-refractivity contribution >= 4 is 22.1 Å². The van der Waals surface area contributed by atoms with Gasteiger partial charge in [-0.1, -0.05) is 31.2 Å². The quantitative estimate of drug-likeness (QED) is 0.705. The zero-order chi connectivity index (χ0) is 13.9. The van der Waals surface area contributed by atoms with Crippen LogP contribution >= 0.6 is 11.3 Å². The first-order valence-corrected chi connectivity index (χ1v) is 7.61. The molecule has 1 heterocycles. The minimum atomic E-state index is 0.884. The summed E-state index contributed by atoms with van der Waals surface area (Å²) in [6, 6.07) is 12.6. The minimum Gasteiger partial charge on any atom is -0.497 e. The number of fused-ring (bicyclic) bond motifs is 1. The van der Waals surface area contributed by atoms with Crippen molar-refractivity contribution in [1.82, 2.24) is 4.98 Å². The van der Waals surface area contributed by atoms with Crippen molar-refractivity contribution in [2.45, 2.75) is 19.8 Å². The van der Waals surface area contributed by atoms with E-state index in [0.717, 1.165) is 18.6 Å². The lowest BCUT2D eigenvalue weighted by molar-refractivity contribution is 0.415. The van der Waals surface area contributed by atoms with Crippen LogP contribution in [0.1, 0.15) is 22.4 Å². The van der Waals surface area contributed by atoms with Gasteiger partial charge in [0.1, 0.15) is 5.75 Å². The van der Waals surface area contributed by atoms with Crippen LogP contribution in [-0.4, -0.2) is 12.1 Å². The highest BCUT2D eigenvalue weighted by Gasteiger charge is 2.06. The average molecular weight is 283 g/mol. The van der Waals surface area contributed by atoms with Gasteiger partial charge in [-0.3, -0.25) is 0 Å². The normalized spacial score (nSPS) is 10.9. The number of aromatic nitrogens is 1. The summed E-state index contributed by atoms with van der Waals surface area (Å²) in [6.07, 6.45) is 3.93. The Hall–Kier alpha value is -1.87. The van der Waals surface area contributed by atoms with Crippen molar-refractivity contribution < 1.29 is 4.74 Å². The first-order valence-electron chi connectivity index (χ1n) is 6.79. The van der Waals surface area contributed by atoms with E-state index in [1.165, 1.54) is 26.2 Å². The van der Waals surface area contributed by atoms with E-state index in [0.29, 0.717) is 0 Å². The Bertz CT molecular complexity index is 733. The fraction of sp³-hybridized carbons (Fsp3) is 0.235. The Morgan fingerprint density at radius 3 is 2.85 bits per heavy atom. The molecule has 0 atom stereocenters. The zero-order valence-electron chi connectivity index (χ0n) is 11.7. The molecule has 1 aromatic heterocycles. The summed E-state index contributed by atoms with van der Waals surface area (Å²) in [6.45, 7) is 2.17. The summed E-state index contributed by atoms with van der Waals surface area (Å²) in [5.74, 6) is 0.901. The maximum absolute atomic E-state index is 5.34. The van der Waals surface area contributed by atoms with E-state index in [1.54, 1.807) is 18.4 Å². The summed E-state index contributed by atoms with van der Waals surface area (Å²) in [4.78, 5) is 5.86. The Labute approximate surface area is 123 Å². The van der Waals surface area contributed by atoms with Crippen molar-refractivity contribution in [1.29, 1.82) is 0 Å². The lowest BCUT2D eigenvalue weighted by Gasteiger charge is -2.07. The molecule has 0 radical (unpaired) electrons. The second-order valence-electron chi connectivity index (χ2n) is 4.75. The Kier molecular flexibility index (Phi) is 3.70. The Balaban J connectivity index is 2.01. The number of nitrogens with zero attached hydrogens (tertiary/aromatic N) is 1. The van der Waals surface area contributed by atoms with Crippen LogP contribution in [-0.2, 0) is 12.8 Å². The summed E-state index contributed by atoms with van der Waals surface area (Å²) < 4.78 is 5.34. The van der Waals surface area contributed by atoms with E-state index in [2.05, 4.69) is 42.2 Å². The smallest absolute Gasteiger partial charge is 0.119 e. The molecule has 102 valence electrons. The number of aryl methyl sites for hydroxylation is 1. The van der Waals surface area contributed by atoms with Crippen molar-refractivity contribution in [3.05, 3.63) is 58.0 Å². The molecule has 3 heteroatoms. The summed E-state index contributed by atoms with van der Waals surface area (Å²) >= 11 is 1.80. The first-order chi connectivity index (χ1) is 9.80. The van der Waals surface area contributed by atoms with Gasteiger partial charge in [-0.25, -0.2) is 4.98 Å². The molecule has 0 aliphatic carbocycles. The monoisotopic (exact) mass is 283 g/mol. The zero-order valence-corrected chi connectivity index (χ0v) is 12.5. The molecule has 0 saturated carbocycles. The highest BCUT2D eigenvalue weighted by Crippen LogP contribution is 2.27. The number of methoxy groups -OCH3 is 1. The lowest BCUT2D eigenvalue weighted by Crippen LogP contribution is -1.90. The molecule has 0 aliphatic heterocycles. The molecule has 2 nitrogen and oxygen atoms in total. The summed E-state index contributed by atoms with van der Waals surface area (Å²) in [5.41, 5.74) is 1.30. The SMILES string of the molecule is CCc1cnc(Cc2cccc3ccc(OC)cc23)s1. The van der Waals surface area contributed by atoms with Gasteiger partial charge in [0.25, 0.3) is 0 Å². The first kappa shape index (κ1) is 13.1. The van der Waals surface area contributed by atoms with Gasteiger partial charge < -0.3 is 4.74 Å². The molecule has 0 spiro atoms. The average Bonchev–Trinajstić information content (AvgIpc) is 2.95. The molecule has 2 aromatic carbocycles. The largest absolute Gasteiger partial charge is 0.497 e. The third-order valence-corrected chi connectivity index (χ3v) is 4.61. The Morgan fingerprint density at radius 2 is 2.10 bits per heavy atom. The number of hydrogen-bond acceptors (Lipinski definition) is 3. The van der Waals surface area contributed by atoms with Gasteiger partial charge in [0.05, 0.1) is 12.1 Å². The highest BCUT2D eigenvalue weighted by molar-refractivity contribution is 7.11. The van der Waals surface area contributed by atoms with E-state index in [-0.39, 0.29) is 0 Å². The van der Waals surface area contributed by atoms with Crippen molar-refractivity contribution in [2.24, 2.45) is 0 Å². The van der Waals surface area contributed by atoms with E-state index in [4.69, 9.17) is 4.74 Å². The molecule has 0 fully saturated rings. The number of ether oxygens (including phenoxy) is 1. The molecule has 3 rings (SSSR count). The standard InChI is InChI=1S/C17H17NOS/c1-3-15-11-18-17(20-15)9-13-6-4-5-12-7-8-14(19-2)10-16(12)13/h4-8,10-11H,3,9H2,1-2H3. The van der Waals surface area contributed by atoms with Crippen LogP contribution in [0.4, 0.5) is 0 Å². The molecule has 3 aromatic rings. The maximum Gasteiger partial charge on any atom is 0.119 e. The maximum atomic E-state index is 5.34. The highest BCUT2D eigenvalue weighted by atomic mass is 32.1. The van der Waals surface area contributed by atoms with Crippen molar-refractivity contribution in [2.75, 3.05) is 7.11 Å². The Morgan fingerprint density at radius 1 is 1.20 bits per heavy atom. The van der Waals surface area contributed by atoms with Gasteiger partial charge in [-0.05, 0) is 34.9 Å². The molecular formula is C17H17NOS. The molecule has 0 N–H and O–H groups in total. The van der Waals surface area contributed by atoms with E-state index in [1.807, 2.05) is 12.3 Å². The number of hydrogen-bond donors (Lipinski definition) is 0. The number of thiazole rings is 1. The van der Waals surface area contributed by atoms with Crippen LogP contribution in [0.15, 0.2) is 42.6 Å². The molecule has 0 aliphatic rings. The second-order valence-corrected chi connectivity index (χ2v) is 5.95. The fourth-order valence-corrected chi connectivity index (χ4v) is 3.24. The number of rotatable bonds is 4. The van der Waals surface area contributed by atoms with Crippen molar-refractivity contribution in [3.63, 3.8) is 0 Å². The van der Waals surface area contributed by atoms with Gasteiger partial charge in [0.15, 0.2) is 0 Å². The van der Waals surface area contributed by atoms with Crippen LogP contribution in [0.2, 0.25) is 0 Å². The predicted octanol–water partition coefficient (Wildman–Crippen LogP) is 4.46. The van der Waals surface area contributed by atoms with Crippen LogP contribution in [0.5, 0.6) is 5.75 Å². The minimum absolute atomic E-state index is 0.884. The summed E-state index contributed by atoms with van der Waals surface area (Å²) in [5, 5.41) is 3.67.